The fraction of sp³-hybridized carbons (Fsp3) is 0.250. The molecule has 2 nitrogen and oxygen atoms in total. The summed E-state index contributed by atoms with van der Waals surface area (Å²) in [5.74, 6) is 0.321. The van der Waals surface area contributed by atoms with E-state index in [-0.39, 0.29) is 0 Å². The van der Waals surface area contributed by atoms with Crippen LogP contribution in [0, 0.1) is 0 Å². The van der Waals surface area contributed by atoms with Crippen molar-refractivity contribution in [3.63, 3.8) is 0 Å². The summed E-state index contributed by atoms with van der Waals surface area (Å²) in [6, 6.07) is 8.07. The number of pyridine rings is 1. The Balaban J connectivity index is 1.94. The topological polar surface area (TPSA) is 30.0 Å². The summed E-state index contributed by atoms with van der Waals surface area (Å²) in [7, 11) is 0. The van der Waals surface area contributed by atoms with Crippen LogP contribution in [-0.2, 0) is 24.1 Å². The molecule has 1 aromatic heterocycles. The molecule has 1 aromatic carbocycles. The Morgan fingerprint density at radius 1 is 1.21 bits per heavy atom. The third-order valence-electron chi connectivity index (χ3n) is 3.55. The van der Waals surface area contributed by atoms with Crippen LogP contribution in [0.4, 0.5) is 0 Å². The van der Waals surface area contributed by atoms with Crippen molar-refractivity contribution >= 4 is 17.4 Å². The van der Waals surface area contributed by atoms with Gasteiger partial charge in [0.2, 0.25) is 0 Å². The molecule has 0 fully saturated rings. The maximum Gasteiger partial charge on any atom is 0.137 e. The average molecular weight is 272 g/mol. The predicted octanol–water partition coefficient (Wildman–Crippen LogP) is 3.38. The van der Waals surface area contributed by atoms with Crippen LogP contribution in [0.2, 0.25) is 5.02 Å². The van der Waals surface area contributed by atoms with E-state index in [1.54, 1.807) is 6.20 Å². The number of Topliss-reactive ketones (excluding diaryl/α,β-unsaturated/α-hetero) is 1. The molecule has 2 aromatic rings. The van der Waals surface area contributed by atoms with Gasteiger partial charge < -0.3 is 0 Å². The lowest BCUT2D eigenvalue weighted by Gasteiger charge is -2.17. The van der Waals surface area contributed by atoms with Crippen molar-refractivity contribution in [1.82, 2.24) is 4.98 Å². The van der Waals surface area contributed by atoms with Gasteiger partial charge in [0.15, 0.2) is 0 Å². The Morgan fingerprint density at radius 3 is 2.89 bits per heavy atom. The van der Waals surface area contributed by atoms with Gasteiger partial charge in [-0.15, -0.1) is 0 Å². The van der Waals surface area contributed by atoms with E-state index >= 15 is 0 Å². The van der Waals surface area contributed by atoms with E-state index in [2.05, 4.69) is 11.1 Å². The number of rotatable bonds is 2. The van der Waals surface area contributed by atoms with Gasteiger partial charge in [-0.05, 0) is 40.8 Å². The van der Waals surface area contributed by atoms with Gasteiger partial charge in [-0.1, -0.05) is 23.7 Å². The highest BCUT2D eigenvalue weighted by atomic mass is 35.5. The molecule has 3 heteroatoms. The predicted molar refractivity (Wildman–Crippen MR) is 75.5 cm³/mol. The molecule has 96 valence electrons. The second-order valence-electron chi connectivity index (χ2n) is 4.97. The van der Waals surface area contributed by atoms with Crippen molar-refractivity contribution in [2.75, 3.05) is 0 Å². The zero-order chi connectivity index (χ0) is 13.2. The number of carbonyl (C=O) groups is 1. The molecular weight excluding hydrogens is 258 g/mol. The van der Waals surface area contributed by atoms with E-state index in [1.165, 1.54) is 5.56 Å². The molecule has 0 N–H and O–H groups in total. The summed E-state index contributed by atoms with van der Waals surface area (Å²) in [6.07, 6.45) is 6.38. The maximum atomic E-state index is 11.5. The first-order valence-corrected chi connectivity index (χ1v) is 6.81. The Morgan fingerprint density at radius 2 is 2.11 bits per heavy atom. The second kappa shape index (κ2) is 5.14. The van der Waals surface area contributed by atoms with Crippen LogP contribution in [0.1, 0.15) is 28.7 Å². The molecule has 1 aliphatic carbocycles. The zero-order valence-corrected chi connectivity index (χ0v) is 11.3. The SMILES string of the molecule is O=C1CCc2cc(Cl)c(Cc3cccnc3)cc2C1. The molecule has 0 spiro atoms. The quantitative estimate of drug-likeness (QED) is 0.838. The van der Waals surface area contributed by atoms with E-state index in [0.29, 0.717) is 18.6 Å². The van der Waals surface area contributed by atoms with Crippen molar-refractivity contribution in [2.24, 2.45) is 0 Å². The van der Waals surface area contributed by atoms with E-state index in [4.69, 9.17) is 11.6 Å². The van der Waals surface area contributed by atoms with Crippen molar-refractivity contribution < 1.29 is 4.79 Å². The van der Waals surface area contributed by atoms with Crippen LogP contribution in [-0.4, -0.2) is 10.8 Å². The van der Waals surface area contributed by atoms with Gasteiger partial charge >= 0.3 is 0 Å². The second-order valence-corrected chi connectivity index (χ2v) is 5.37. The van der Waals surface area contributed by atoms with Crippen LogP contribution in [0.3, 0.4) is 0 Å². The molecule has 19 heavy (non-hydrogen) atoms. The summed E-state index contributed by atoms with van der Waals surface area (Å²) in [4.78, 5) is 15.7. The molecule has 0 unspecified atom stereocenters. The number of nitrogens with zero attached hydrogens (tertiary/aromatic N) is 1. The maximum absolute atomic E-state index is 11.5. The zero-order valence-electron chi connectivity index (χ0n) is 10.5. The number of halogens is 1. The fourth-order valence-corrected chi connectivity index (χ4v) is 2.79. The molecule has 0 aliphatic heterocycles. The highest BCUT2D eigenvalue weighted by Gasteiger charge is 2.17. The van der Waals surface area contributed by atoms with E-state index in [0.717, 1.165) is 34.6 Å². The van der Waals surface area contributed by atoms with Crippen LogP contribution in [0.25, 0.3) is 0 Å². The van der Waals surface area contributed by atoms with Crippen molar-refractivity contribution in [3.05, 3.63) is 63.9 Å². The molecule has 0 atom stereocenters. The highest BCUT2D eigenvalue weighted by Crippen LogP contribution is 2.28. The van der Waals surface area contributed by atoms with Crippen LogP contribution >= 0.6 is 11.6 Å². The van der Waals surface area contributed by atoms with Gasteiger partial charge in [-0.2, -0.15) is 0 Å². The van der Waals surface area contributed by atoms with Gasteiger partial charge in [-0.3, -0.25) is 9.78 Å². The lowest BCUT2D eigenvalue weighted by atomic mass is 9.88. The first-order chi connectivity index (χ1) is 9.22. The minimum Gasteiger partial charge on any atom is -0.299 e. The number of benzene rings is 1. The summed E-state index contributed by atoms with van der Waals surface area (Å²) in [5, 5.41) is 0.789. The number of aromatic nitrogens is 1. The van der Waals surface area contributed by atoms with Gasteiger partial charge in [0.1, 0.15) is 5.78 Å². The molecule has 0 saturated carbocycles. The van der Waals surface area contributed by atoms with Crippen LogP contribution < -0.4 is 0 Å². The molecule has 0 amide bonds. The molecule has 1 heterocycles. The lowest BCUT2D eigenvalue weighted by Crippen LogP contribution is -2.13. The van der Waals surface area contributed by atoms with Crippen molar-refractivity contribution in [2.45, 2.75) is 25.7 Å². The summed E-state index contributed by atoms with van der Waals surface area (Å²) < 4.78 is 0. The van der Waals surface area contributed by atoms with E-state index in [1.807, 2.05) is 24.4 Å². The first kappa shape index (κ1) is 12.4. The monoisotopic (exact) mass is 271 g/mol. The molecule has 0 bridgehead atoms. The molecule has 3 rings (SSSR count). The van der Waals surface area contributed by atoms with E-state index in [9.17, 15) is 4.79 Å². The smallest absolute Gasteiger partial charge is 0.137 e. The molecule has 0 saturated heterocycles. The van der Waals surface area contributed by atoms with E-state index < -0.39 is 0 Å². The number of fused-ring (bicyclic) bond motifs is 1. The Labute approximate surface area is 117 Å². The van der Waals surface area contributed by atoms with Crippen LogP contribution in [0.15, 0.2) is 36.7 Å². The summed E-state index contributed by atoms with van der Waals surface area (Å²) in [6.45, 7) is 0. The van der Waals surface area contributed by atoms with Crippen molar-refractivity contribution in [3.8, 4) is 0 Å². The molecular formula is C16H14ClNO. The fourth-order valence-electron chi connectivity index (χ4n) is 2.54. The van der Waals surface area contributed by atoms with Gasteiger partial charge in [0.25, 0.3) is 0 Å². The third kappa shape index (κ3) is 2.69. The van der Waals surface area contributed by atoms with Gasteiger partial charge in [0.05, 0.1) is 0 Å². The van der Waals surface area contributed by atoms with Gasteiger partial charge in [0, 0.05) is 36.7 Å². The number of hydrogen-bond donors (Lipinski definition) is 0. The van der Waals surface area contributed by atoms with Gasteiger partial charge in [-0.25, -0.2) is 0 Å². The molecule has 1 aliphatic rings. The van der Waals surface area contributed by atoms with Crippen molar-refractivity contribution in [1.29, 1.82) is 0 Å². The first-order valence-electron chi connectivity index (χ1n) is 6.43. The average Bonchev–Trinajstić information content (AvgIpc) is 2.41. The minimum atomic E-state index is 0.321. The third-order valence-corrected chi connectivity index (χ3v) is 3.90. The Kier molecular flexibility index (Phi) is 3.34. The number of aryl methyl sites for hydroxylation is 1. The standard InChI is InChI=1S/C16H14ClNO/c17-16-9-12-3-4-15(19)8-13(12)7-14(16)6-11-2-1-5-18-10-11/h1-2,5,7,9-10H,3-4,6,8H2. The minimum absolute atomic E-state index is 0.321. The number of hydrogen-bond acceptors (Lipinski definition) is 2. The Bertz CT molecular complexity index is 622. The molecule has 0 radical (unpaired) electrons. The number of ketones is 1. The normalized spacial score (nSPS) is 14.3. The van der Waals surface area contributed by atoms with Crippen LogP contribution in [0.5, 0.6) is 0 Å². The summed E-state index contributed by atoms with van der Waals surface area (Å²) >= 11 is 6.34. The number of carbonyl (C=O) groups excluding carboxylic acids is 1. The largest absolute Gasteiger partial charge is 0.299 e. The Hall–Kier alpha value is -1.67. The lowest BCUT2D eigenvalue weighted by molar-refractivity contribution is -0.118. The highest BCUT2D eigenvalue weighted by molar-refractivity contribution is 6.31. The summed E-state index contributed by atoms with van der Waals surface area (Å²) in [5.41, 5.74) is 4.56.